The summed E-state index contributed by atoms with van der Waals surface area (Å²) >= 11 is 0.206. The maximum atomic E-state index is 3.91. The molecule has 0 N–H and O–H groups in total. The van der Waals surface area contributed by atoms with Gasteiger partial charge in [-0.25, -0.2) is 0 Å². The molecule has 1 aromatic rings. The molecule has 13 heavy (non-hydrogen) atoms. The van der Waals surface area contributed by atoms with Crippen molar-refractivity contribution >= 4 is 4.16 Å². The van der Waals surface area contributed by atoms with Crippen LogP contribution in [0, 0.1) is 0 Å². The van der Waals surface area contributed by atoms with E-state index in [9.17, 15) is 0 Å². The van der Waals surface area contributed by atoms with E-state index in [1.54, 1.807) is 0 Å². The minimum atomic E-state index is 0.206. The van der Waals surface area contributed by atoms with Crippen LogP contribution in [-0.2, 0) is 17.1 Å². The van der Waals surface area contributed by atoms with Crippen molar-refractivity contribution in [3.05, 3.63) is 52.7 Å². The summed E-state index contributed by atoms with van der Waals surface area (Å²) in [4.78, 5) is 0. The van der Waals surface area contributed by atoms with Crippen molar-refractivity contribution < 1.29 is 17.1 Å². The summed E-state index contributed by atoms with van der Waals surface area (Å²) in [7, 11) is 0. The zero-order valence-electron chi connectivity index (χ0n) is 8.02. The van der Waals surface area contributed by atoms with Crippen LogP contribution in [0.5, 0.6) is 0 Å². The van der Waals surface area contributed by atoms with Gasteiger partial charge in [0, 0.05) is 0 Å². The third-order valence-corrected chi connectivity index (χ3v) is 3.88. The molecule has 0 unspecified atom stereocenters. The fourth-order valence-electron chi connectivity index (χ4n) is 0.701. The van der Waals surface area contributed by atoms with E-state index in [1.165, 1.54) is 15.3 Å². The maximum absolute atomic E-state index is 3.91. The van der Waals surface area contributed by atoms with Crippen molar-refractivity contribution in [2.75, 3.05) is 0 Å². The molecule has 0 bridgehead atoms. The zero-order valence-corrected chi connectivity index (χ0v) is 9.76. The first-order chi connectivity index (χ1) is 6.20. The third kappa shape index (κ3) is 3.69. The Bertz CT molecular complexity index is 309. The fourth-order valence-corrected chi connectivity index (χ4v) is 2.46. The SMILES string of the molecule is C=C(C)C(C)=[CH][Ru][c]1ccccc1. The van der Waals surface area contributed by atoms with E-state index in [2.05, 4.69) is 55.4 Å². The molecular formula is C12H14Ru. The van der Waals surface area contributed by atoms with Crippen molar-refractivity contribution in [1.29, 1.82) is 0 Å². The number of allylic oxidation sites excluding steroid dienone is 2. The topological polar surface area (TPSA) is 0 Å². The summed E-state index contributed by atoms with van der Waals surface area (Å²) in [6, 6.07) is 10.6. The second kappa shape index (κ2) is 5.14. The van der Waals surface area contributed by atoms with Crippen LogP contribution in [0.3, 0.4) is 0 Å². The van der Waals surface area contributed by atoms with Gasteiger partial charge in [0.15, 0.2) is 0 Å². The monoisotopic (exact) mass is 260 g/mol. The number of benzene rings is 1. The molecule has 1 heteroatoms. The van der Waals surface area contributed by atoms with Gasteiger partial charge in [-0.2, -0.15) is 0 Å². The van der Waals surface area contributed by atoms with Crippen molar-refractivity contribution in [2.45, 2.75) is 13.8 Å². The standard InChI is InChI=1S/C6H5.C6H9.Ru/c1-2-4-6-5-3-1;1-5(2)6(3)4;/h1-5H;1H,3H2,2,4H3;. The molecule has 1 rings (SSSR count). The minimum absolute atomic E-state index is 0.206. The third-order valence-electron chi connectivity index (χ3n) is 1.72. The Morgan fingerprint density at radius 2 is 1.85 bits per heavy atom. The van der Waals surface area contributed by atoms with E-state index in [-0.39, 0.29) is 17.1 Å². The second-order valence-electron chi connectivity index (χ2n) is 2.95. The van der Waals surface area contributed by atoms with E-state index >= 15 is 0 Å². The molecule has 0 saturated heterocycles. The quantitative estimate of drug-likeness (QED) is 0.578. The summed E-state index contributed by atoms with van der Waals surface area (Å²) < 4.78 is 3.75. The first-order valence-electron chi connectivity index (χ1n) is 4.18. The average molecular weight is 259 g/mol. The van der Waals surface area contributed by atoms with Gasteiger partial charge in [0.05, 0.1) is 0 Å². The summed E-state index contributed by atoms with van der Waals surface area (Å²) in [6.07, 6.45) is 0. The predicted molar refractivity (Wildman–Crippen MR) is 54.6 cm³/mol. The van der Waals surface area contributed by atoms with Crippen molar-refractivity contribution in [1.82, 2.24) is 0 Å². The summed E-state index contributed by atoms with van der Waals surface area (Å²) in [6.45, 7) is 8.09. The normalized spacial score (nSPS) is 11.7. The Kier molecular flexibility index (Phi) is 4.11. The van der Waals surface area contributed by atoms with E-state index in [0.29, 0.717) is 0 Å². The van der Waals surface area contributed by atoms with Crippen molar-refractivity contribution in [3.8, 4) is 0 Å². The van der Waals surface area contributed by atoms with Crippen LogP contribution in [0.1, 0.15) is 13.8 Å². The van der Waals surface area contributed by atoms with Crippen LogP contribution in [-0.4, -0.2) is 0 Å². The molecule has 0 aliphatic heterocycles. The van der Waals surface area contributed by atoms with Crippen LogP contribution >= 0.6 is 0 Å². The van der Waals surface area contributed by atoms with Gasteiger partial charge in [-0.1, -0.05) is 0 Å². The van der Waals surface area contributed by atoms with Gasteiger partial charge in [0.2, 0.25) is 0 Å². The van der Waals surface area contributed by atoms with Gasteiger partial charge in [-0.05, 0) is 0 Å². The first-order valence-corrected chi connectivity index (χ1v) is 6.06. The fraction of sp³-hybridized carbons (Fsp3) is 0.167. The van der Waals surface area contributed by atoms with E-state index in [4.69, 9.17) is 0 Å². The summed E-state index contributed by atoms with van der Waals surface area (Å²) in [5.41, 5.74) is 2.49. The summed E-state index contributed by atoms with van der Waals surface area (Å²) in [5.74, 6) is 0. The van der Waals surface area contributed by atoms with Crippen molar-refractivity contribution in [3.63, 3.8) is 0 Å². The Morgan fingerprint density at radius 3 is 2.38 bits per heavy atom. The summed E-state index contributed by atoms with van der Waals surface area (Å²) in [5, 5.41) is 0. The Morgan fingerprint density at radius 1 is 1.23 bits per heavy atom. The number of hydrogen-bond donors (Lipinski definition) is 0. The van der Waals surface area contributed by atoms with Gasteiger partial charge in [-0.3, -0.25) is 0 Å². The van der Waals surface area contributed by atoms with Crippen LogP contribution in [0.2, 0.25) is 0 Å². The number of hydrogen-bond acceptors (Lipinski definition) is 0. The molecule has 0 saturated carbocycles. The Hall–Kier alpha value is -0.677. The molecule has 0 radical (unpaired) electrons. The molecule has 0 aliphatic rings. The van der Waals surface area contributed by atoms with Crippen LogP contribution in [0.25, 0.3) is 0 Å². The molecule has 0 nitrogen and oxygen atoms in total. The van der Waals surface area contributed by atoms with Gasteiger partial charge >= 0.3 is 87.9 Å². The molecule has 0 fully saturated rings. The molecule has 0 heterocycles. The predicted octanol–water partition coefficient (Wildman–Crippen LogP) is 2.87. The Labute approximate surface area is 88.0 Å². The van der Waals surface area contributed by atoms with E-state index in [1.807, 2.05) is 0 Å². The zero-order chi connectivity index (χ0) is 9.68. The molecule has 70 valence electrons. The van der Waals surface area contributed by atoms with E-state index in [0.717, 1.165) is 0 Å². The molecule has 0 aliphatic carbocycles. The van der Waals surface area contributed by atoms with Gasteiger partial charge in [0.25, 0.3) is 0 Å². The van der Waals surface area contributed by atoms with Gasteiger partial charge in [-0.15, -0.1) is 0 Å². The van der Waals surface area contributed by atoms with Gasteiger partial charge in [0.1, 0.15) is 0 Å². The van der Waals surface area contributed by atoms with Crippen LogP contribution in [0.4, 0.5) is 0 Å². The molecule has 0 amide bonds. The number of rotatable bonds is 3. The van der Waals surface area contributed by atoms with Crippen LogP contribution in [0.15, 0.2) is 52.7 Å². The molecular weight excluding hydrogens is 245 g/mol. The van der Waals surface area contributed by atoms with E-state index < -0.39 is 0 Å². The molecule has 0 aromatic heterocycles. The van der Waals surface area contributed by atoms with Crippen LogP contribution < -0.4 is 4.16 Å². The van der Waals surface area contributed by atoms with Crippen molar-refractivity contribution in [2.24, 2.45) is 0 Å². The molecule has 0 spiro atoms. The second-order valence-corrected chi connectivity index (χ2v) is 4.96. The van der Waals surface area contributed by atoms with Gasteiger partial charge < -0.3 is 0 Å². The Balaban J connectivity index is 2.62. The molecule has 0 atom stereocenters. The molecule has 1 aromatic carbocycles. The first kappa shape index (κ1) is 10.4. The average Bonchev–Trinajstić information content (AvgIpc) is 2.15.